The van der Waals surface area contributed by atoms with Crippen LogP contribution in [0.2, 0.25) is 0 Å². The number of alkyl carbamates (subject to hydrolysis) is 1. The van der Waals surface area contributed by atoms with Gasteiger partial charge in [0.2, 0.25) is 0 Å². The van der Waals surface area contributed by atoms with Gasteiger partial charge in [-0.25, -0.2) is 9.18 Å². The van der Waals surface area contributed by atoms with Crippen molar-refractivity contribution in [1.82, 2.24) is 10.3 Å². The minimum absolute atomic E-state index is 0.0679. The van der Waals surface area contributed by atoms with Crippen molar-refractivity contribution in [3.63, 3.8) is 0 Å². The fraction of sp³-hybridized carbons (Fsp3) is 0.483. The fourth-order valence-electron chi connectivity index (χ4n) is 6.64. The SMILES string of the molecule is CCOC(=O)N[C@@H]1CC[C@@H]2[C@@H](C1)C[C@@H]1C(=O)O[C@@H](C)[C@@H]1[C@H]2/C=C/c1ccc(-c2cccc(F)c2)cn1. The third-order valence-electron chi connectivity index (χ3n) is 8.18. The zero-order chi connectivity index (χ0) is 25.2. The standard InChI is InChI=1S/C29H33FN2O4/c1-3-35-29(34)32-23-10-11-24-20(14-23)15-26-27(17(2)36-28(26)33)25(24)12-9-22-8-7-19(16-31-22)18-5-4-6-21(30)13-18/h4-9,12-13,16-17,20,23-27H,3,10-11,14-15H2,1-2H3,(H,32,34)/b12-9+/t17-,20-,23+,24+,25-,26-,27+/m0/s1. The van der Waals surface area contributed by atoms with E-state index in [1.165, 1.54) is 12.1 Å². The van der Waals surface area contributed by atoms with Crippen LogP contribution in [0.4, 0.5) is 9.18 Å². The molecule has 1 aromatic heterocycles. The van der Waals surface area contributed by atoms with Gasteiger partial charge in [0.05, 0.1) is 18.2 Å². The molecule has 0 radical (unpaired) electrons. The van der Waals surface area contributed by atoms with Crippen LogP contribution in [0.5, 0.6) is 0 Å². The van der Waals surface area contributed by atoms with E-state index in [0.29, 0.717) is 18.4 Å². The van der Waals surface area contributed by atoms with Crippen molar-refractivity contribution in [3.05, 3.63) is 60.2 Å². The zero-order valence-corrected chi connectivity index (χ0v) is 20.7. The highest BCUT2D eigenvalue weighted by molar-refractivity contribution is 5.75. The first kappa shape index (κ1) is 24.5. The summed E-state index contributed by atoms with van der Waals surface area (Å²) < 4.78 is 24.3. The van der Waals surface area contributed by atoms with Gasteiger partial charge in [0.15, 0.2) is 0 Å². The molecule has 0 unspecified atom stereocenters. The quantitative estimate of drug-likeness (QED) is 0.548. The van der Waals surface area contributed by atoms with E-state index >= 15 is 0 Å². The summed E-state index contributed by atoms with van der Waals surface area (Å²) in [5.74, 6) is 0.629. The van der Waals surface area contributed by atoms with Gasteiger partial charge in [0.1, 0.15) is 11.9 Å². The van der Waals surface area contributed by atoms with Crippen LogP contribution >= 0.6 is 0 Å². The summed E-state index contributed by atoms with van der Waals surface area (Å²) in [6.45, 7) is 4.15. The molecule has 0 bridgehead atoms. The maximum Gasteiger partial charge on any atom is 0.407 e. The molecule has 1 aliphatic heterocycles. The summed E-state index contributed by atoms with van der Waals surface area (Å²) in [6.07, 6.45) is 9.07. The molecule has 2 aromatic rings. The number of benzene rings is 1. The molecule has 2 heterocycles. The molecule has 36 heavy (non-hydrogen) atoms. The summed E-state index contributed by atoms with van der Waals surface area (Å²) in [7, 11) is 0. The third kappa shape index (κ3) is 5.01. The average Bonchev–Trinajstić information content (AvgIpc) is 3.15. The average molecular weight is 493 g/mol. The van der Waals surface area contributed by atoms with E-state index in [9.17, 15) is 14.0 Å². The smallest absolute Gasteiger partial charge is 0.407 e. The fourth-order valence-corrected chi connectivity index (χ4v) is 6.64. The maximum absolute atomic E-state index is 13.6. The third-order valence-corrected chi connectivity index (χ3v) is 8.18. The lowest BCUT2D eigenvalue weighted by Gasteiger charge is -2.47. The van der Waals surface area contributed by atoms with E-state index in [-0.39, 0.29) is 47.8 Å². The normalized spacial score (nSPS) is 31.4. The van der Waals surface area contributed by atoms with Crippen LogP contribution in [0.15, 0.2) is 48.7 Å². The number of aromatic nitrogens is 1. The molecule has 1 N–H and O–H groups in total. The number of fused-ring (bicyclic) bond motifs is 2. The van der Waals surface area contributed by atoms with Crippen LogP contribution in [0.25, 0.3) is 17.2 Å². The van der Waals surface area contributed by atoms with Gasteiger partial charge in [-0.1, -0.05) is 24.3 Å². The molecule has 7 heteroatoms. The maximum atomic E-state index is 13.6. The second-order valence-electron chi connectivity index (χ2n) is 10.3. The van der Waals surface area contributed by atoms with Crippen molar-refractivity contribution in [2.45, 2.75) is 51.7 Å². The Morgan fingerprint density at radius 3 is 2.83 bits per heavy atom. The Bertz CT molecular complexity index is 1130. The van der Waals surface area contributed by atoms with Gasteiger partial charge in [-0.2, -0.15) is 0 Å². The number of carbonyl (C=O) groups is 2. The van der Waals surface area contributed by atoms with Gasteiger partial charge in [-0.15, -0.1) is 0 Å². The summed E-state index contributed by atoms with van der Waals surface area (Å²) in [5.41, 5.74) is 2.48. The van der Waals surface area contributed by atoms with Gasteiger partial charge in [0, 0.05) is 23.7 Å². The molecular formula is C29H33FN2O4. The Morgan fingerprint density at radius 2 is 2.08 bits per heavy atom. The number of halogens is 1. The number of nitrogens with one attached hydrogen (secondary N) is 1. The van der Waals surface area contributed by atoms with Crippen molar-refractivity contribution < 1.29 is 23.5 Å². The highest BCUT2D eigenvalue weighted by Crippen LogP contribution is 2.53. The van der Waals surface area contributed by atoms with Crippen LogP contribution in [0.3, 0.4) is 0 Å². The number of allylic oxidation sites excluding steroid dienone is 1. The Hall–Kier alpha value is -3.22. The van der Waals surface area contributed by atoms with Crippen molar-refractivity contribution in [2.75, 3.05) is 6.61 Å². The lowest BCUT2D eigenvalue weighted by Crippen LogP contribution is -2.48. The summed E-state index contributed by atoms with van der Waals surface area (Å²) in [5, 5.41) is 3.00. The number of hydrogen-bond donors (Lipinski definition) is 1. The second kappa shape index (κ2) is 10.4. The molecule has 2 saturated carbocycles. The van der Waals surface area contributed by atoms with Crippen molar-refractivity contribution >= 4 is 18.1 Å². The monoisotopic (exact) mass is 492 g/mol. The molecule has 1 amide bonds. The number of nitrogens with zero attached hydrogens (tertiary/aromatic N) is 1. The Labute approximate surface area is 211 Å². The molecule has 1 saturated heterocycles. The highest BCUT2D eigenvalue weighted by atomic mass is 19.1. The summed E-state index contributed by atoms with van der Waals surface area (Å²) in [6, 6.07) is 10.4. The summed E-state index contributed by atoms with van der Waals surface area (Å²) >= 11 is 0. The first-order valence-electron chi connectivity index (χ1n) is 13.0. The topological polar surface area (TPSA) is 77.5 Å². The Kier molecular flexibility index (Phi) is 7.08. The molecule has 6 nitrogen and oxygen atoms in total. The van der Waals surface area contributed by atoms with Crippen LogP contribution < -0.4 is 5.32 Å². The minimum Gasteiger partial charge on any atom is -0.462 e. The van der Waals surface area contributed by atoms with Crippen molar-refractivity contribution in [1.29, 1.82) is 0 Å². The molecule has 3 fully saturated rings. The van der Waals surface area contributed by atoms with Crippen molar-refractivity contribution in [3.8, 4) is 11.1 Å². The van der Waals surface area contributed by atoms with Crippen LogP contribution in [0, 0.1) is 35.4 Å². The molecule has 1 aromatic carbocycles. The first-order valence-corrected chi connectivity index (χ1v) is 13.0. The molecule has 5 rings (SSSR count). The van der Waals surface area contributed by atoms with Crippen LogP contribution in [-0.4, -0.2) is 35.8 Å². The number of esters is 1. The van der Waals surface area contributed by atoms with Crippen LogP contribution in [-0.2, 0) is 14.3 Å². The van der Waals surface area contributed by atoms with Crippen molar-refractivity contribution in [2.24, 2.45) is 29.6 Å². The largest absolute Gasteiger partial charge is 0.462 e. The van der Waals surface area contributed by atoms with Gasteiger partial charge < -0.3 is 14.8 Å². The van der Waals surface area contributed by atoms with Gasteiger partial charge >= 0.3 is 12.1 Å². The number of hydrogen-bond acceptors (Lipinski definition) is 5. The van der Waals surface area contributed by atoms with Gasteiger partial charge in [-0.3, -0.25) is 9.78 Å². The number of pyridine rings is 1. The minimum atomic E-state index is -0.368. The first-order chi connectivity index (χ1) is 17.4. The number of ether oxygens (including phenoxy) is 2. The molecule has 190 valence electrons. The number of carbonyl (C=O) groups excluding carboxylic acids is 2. The Morgan fingerprint density at radius 1 is 1.22 bits per heavy atom. The predicted octanol–water partition coefficient (Wildman–Crippen LogP) is 5.63. The van der Waals surface area contributed by atoms with Gasteiger partial charge in [-0.05, 0) is 87.1 Å². The predicted molar refractivity (Wildman–Crippen MR) is 134 cm³/mol. The lowest BCUT2D eigenvalue weighted by molar-refractivity contribution is -0.144. The Balaban J connectivity index is 1.34. The molecule has 3 aliphatic rings. The van der Waals surface area contributed by atoms with Gasteiger partial charge in [0.25, 0.3) is 0 Å². The number of amides is 1. The van der Waals surface area contributed by atoms with E-state index in [0.717, 1.165) is 42.5 Å². The molecular weight excluding hydrogens is 459 g/mol. The molecule has 0 spiro atoms. The van der Waals surface area contributed by atoms with E-state index in [4.69, 9.17) is 9.47 Å². The zero-order valence-electron chi connectivity index (χ0n) is 20.7. The lowest BCUT2D eigenvalue weighted by atomic mass is 9.57. The van der Waals surface area contributed by atoms with E-state index in [1.807, 2.05) is 31.2 Å². The highest BCUT2D eigenvalue weighted by Gasteiger charge is 2.54. The number of rotatable bonds is 5. The second-order valence-corrected chi connectivity index (χ2v) is 10.3. The van der Waals surface area contributed by atoms with E-state index in [1.54, 1.807) is 19.2 Å². The van der Waals surface area contributed by atoms with E-state index < -0.39 is 0 Å². The number of cyclic esters (lactones) is 1. The van der Waals surface area contributed by atoms with E-state index in [2.05, 4.69) is 16.4 Å². The molecule has 2 aliphatic carbocycles. The summed E-state index contributed by atoms with van der Waals surface area (Å²) in [4.78, 5) is 29.2. The van der Waals surface area contributed by atoms with Crippen LogP contribution in [0.1, 0.15) is 45.2 Å². The molecule has 7 atom stereocenters.